The minimum absolute atomic E-state index is 0.0256. The predicted molar refractivity (Wildman–Crippen MR) is 237 cm³/mol. The third kappa shape index (κ3) is 14.3. The van der Waals surface area contributed by atoms with Crippen LogP contribution in [-0.2, 0) is 109 Å². The molecule has 12 bridgehead atoms. The SMILES string of the molecule is CC12COP(=O)(OC1)OC2.CCC12COP(=O)(OC1)OC2.CCCC12COP(=O)(OC1)OC2.CCCCC12COP(=O)(OC1)OC2.O=P12OCC(CCO)(CO1)CO2.O=P12OCC(CO)(CO1)CO2. The van der Waals surface area contributed by atoms with E-state index >= 15 is 0 Å². The summed E-state index contributed by atoms with van der Waals surface area (Å²) in [5, 5.41) is 17.7. The van der Waals surface area contributed by atoms with Gasteiger partial charge in [0.05, 0.1) is 131 Å². The first-order valence-corrected chi connectivity index (χ1v) is 31.7. The monoisotopic (exact) mass is 1110 g/mol. The van der Waals surface area contributed by atoms with E-state index in [0.29, 0.717) is 106 Å². The maximum Gasteiger partial charge on any atom is 0.474 e. The Kier molecular flexibility index (Phi) is 18.8. The van der Waals surface area contributed by atoms with E-state index in [0.717, 1.165) is 38.5 Å². The van der Waals surface area contributed by atoms with Gasteiger partial charge in [-0.1, -0.05) is 47.0 Å². The van der Waals surface area contributed by atoms with Gasteiger partial charge in [0.15, 0.2) is 0 Å². The van der Waals surface area contributed by atoms with Crippen LogP contribution in [-0.4, -0.2) is 142 Å². The molecule has 2 N–H and O–H groups in total. The zero-order valence-corrected chi connectivity index (χ0v) is 44.8. The molecule has 18 rings (SSSR count). The second-order valence-electron chi connectivity index (χ2n) is 19.8. The van der Waals surface area contributed by atoms with Crippen molar-refractivity contribution in [1.82, 2.24) is 0 Å². The molecule has 18 saturated heterocycles. The Morgan fingerprint density at radius 3 is 0.812 bits per heavy atom. The second kappa shape index (κ2) is 22.7. The van der Waals surface area contributed by atoms with Crippen molar-refractivity contribution >= 4 is 46.9 Å². The Hall–Kier alpha value is 0.580. The van der Waals surface area contributed by atoms with Crippen molar-refractivity contribution in [1.29, 1.82) is 0 Å². The number of rotatable bonds is 9. The number of aliphatic hydroxyl groups is 2. The number of hydrogen-bond acceptors (Lipinski definition) is 26. The minimum atomic E-state index is -3.20. The molecule has 0 atom stereocenters. The molecule has 69 heavy (non-hydrogen) atoms. The second-order valence-corrected chi connectivity index (χ2v) is 29.8. The minimum Gasteiger partial charge on any atom is -0.396 e. The lowest BCUT2D eigenvalue weighted by Crippen LogP contribution is -2.47. The fourth-order valence-corrected chi connectivity index (χ4v) is 17.0. The highest BCUT2D eigenvalue weighted by Gasteiger charge is 2.54. The van der Waals surface area contributed by atoms with E-state index in [9.17, 15) is 27.4 Å². The van der Waals surface area contributed by atoms with Gasteiger partial charge in [0.1, 0.15) is 0 Å². The zero-order valence-electron chi connectivity index (χ0n) is 39.5. The van der Waals surface area contributed by atoms with Crippen LogP contribution in [0.25, 0.3) is 0 Å². The number of fused-ring (bicyclic) bond motifs is 18. The lowest BCUT2D eigenvalue weighted by molar-refractivity contribution is -0.114. The molecule has 0 radical (unpaired) electrons. The third-order valence-electron chi connectivity index (χ3n) is 13.2. The van der Waals surface area contributed by atoms with Crippen molar-refractivity contribution in [3.8, 4) is 0 Å². The largest absolute Gasteiger partial charge is 0.474 e. The van der Waals surface area contributed by atoms with Crippen molar-refractivity contribution in [3.63, 3.8) is 0 Å². The highest BCUT2D eigenvalue weighted by molar-refractivity contribution is 7.50. The van der Waals surface area contributed by atoms with Crippen LogP contribution in [0.1, 0.15) is 72.6 Å². The third-order valence-corrected chi connectivity index (χ3v) is 21.2. The number of unbranched alkanes of at least 4 members (excludes halogenated alkanes) is 1. The van der Waals surface area contributed by atoms with Gasteiger partial charge in [-0.25, -0.2) is 27.4 Å². The number of phosphoric ester groups is 6. The Morgan fingerprint density at radius 2 is 0.580 bits per heavy atom. The summed E-state index contributed by atoms with van der Waals surface area (Å²) in [6, 6.07) is 0. The molecule has 0 amide bonds. The molecular formula is C37H68O26P6. The number of hydrogen-bond donors (Lipinski definition) is 2. The molecule has 32 heteroatoms. The van der Waals surface area contributed by atoms with Gasteiger partial charge in [0, 0.05) is 33.7 Å². The normalized spacial score (nSPS) is 47.9. The molecule has 402 valence electrons. The summed E-state index contributed by atoms with van der Waals surface area (Å²) in [6.45, 7) is 16.4. The van der Waals surface area contributed by atoms with Gasteiger partial charge in [-0.05, 0) is 25.7 Å². The molecule has 0 aromatic carbocycles. The molecular weight excluding hydrogens is 1050 g/mol. The van der Waals surface area contributed by atoms with Crippen LogP contribution < -0.4 is 0 Å². The van der Waals surface area contributed by atoms with Gasteiger partial charge in [0.2, 0.25) is 0 Å². The molecule has 0 aromatic heterocycles. The van der Waals surface area contributed by atoms with Gasteiger partial charge < -0.3 is 10.2 Å². The van der Waals surface area contributed by atoms with Crippen LogP contribution in [0.3, 0.4) is 0 Å². The van der Waals surface area contributed by atoms with Crippen LogP contribution in [0, 0.1) is 32.5 Å². The maximum absolute atomic E-state index is 11.4. The summed E-state index contributed by atoms with van der Waals surface area (Å²) in [4.78, 5) is 0. The predicted octanol–water partition coefficient (Wildman–Crippen LogP) is 7.74. The van der Waals surface area contributed by atoms with Crippen LogP contribution in [0.2, 0.25) is 0 Å². The van der Waals surface area contributed by atoms with E-state index in [1.807, 2.05) is 6.92 Å². The van der Waals surface area contributed by atoms with Crippen molar-refractivity contribution in [2.45, 2.75) is 72.6 Å². The van der Waals surface area contributed by atoms with Gasteiger partial charge in [-0.15, -0.1) is 0 Å². The van der Waals surface area contributed by atoms with Gasteiger partial charge in [0.25, 0.3) is 0 Å². The Labute approximate surface area is 402 Å². The first-order valence-electron chi connectivity index (χ1n) is 23.0. The maximum atomic E-state index is 11.4. The fraction of sp³-hybridized carbons (Fsp3) is 1.00. The molecule has 0 spiro atoms. The Morgan fingerprint density at radius 1 is 0.333 bits per heavy atom. The van der Waals surface area contributed by atoms with Crippen molar-refractivity contribution in [2.24, 2.45) is 32.5 Å². The van der Waals surface area contributed by atoms with Crippen molar-refractivity contribution in [3.05, 3.63) is 0 Å². The average molecular weight is 1110 g/mol. The first kappa shape index (κ1) is 57.3. The summed E-state index contributed by atoms with van der Waals surface area (Å²) in [5.74, 6) is 0. The lowest BCUT2D eigenvalue weighted by atomic mass is 9.85. The molecule has 18 aliphatic rings. The fourth-order valence-electron chi connectivity index (χ4n) is 7.78. The average Bonchev–Trinajstić information content (AvgIpc) is 3.37. The Balaban J connectivity index is 0.000000122. The van der Waals surface area contributed by atoms with E-state index in [-0.39, 0.29) is 60.1 Å². The van der Waals surface area contributed by atoms with Crippen LogP contribution in [0.4, 0.5) is 0 Å². The van der Waals surface area contributed by atoms with E-state index in [4.69, 9.17) is 91.6 Å². The summed E-state index contributed by atoms with van der Waals surface area (Å²) < 4.78 is 157. The topological polar surface area (TPSA) is 309 Å². The highest BCUT2D eigenvalue weighted by atomic mass is 31.2. The van der Waals surface area contributed by atoms with Crippen molar-refractivity contribution in [2.75, 3.05) is 132 Å². The summed E-state index contributed by atoms with van der Waals surface area (Å²) >= 11 is 0. The quantitative estimate of drug-likeness (QED) is 0.208. The van der Waals surface area contributed by atoms with Gasteiger partial charge in [-0.3, -0.25) is 81.4 Å². The first-order chi connectivity index (χ1) is 32.5. The molecule has 0 aliphatic carbocycles. The van der Waals surface area contributed by atoms with Gasteiger partial charge in [-0.2, -0.15) is 0 Å². The van der Waals surface area contributed by atoms with E-state index < -0.39 is 52.4 Å². The van der Waals surface area contributed by atoms with Crippen molar-refractivity contribution < 1.29 is 119 Å². The molecule has 18 fully saturated rings. The summed E-state index contributed by atoms with van der Waals surface area (Å²) in [6.07, 6.45) is 6.90. The summed E-state index contributed by atoms with van der Waals surface area (Å²) in [7, 11) is -18.7. The zero-order chi connectivity index (χ0) is 49.8. The molecule has 18 heterocycles. The van der Waals surface area contributed by atoms with Crippen LogP contribution >= 0.6 is 46.9 Å². The van der Waals surface area contributed by atoms with E-state index in [2.05, 4.69) is 20.8 Å². The molecule has 26 nitrogen and oxygen atoms in total. The molecule has 0 unspecified atom stereocenters. The smallest absolute Gasteiger partial charge is 0.396 e. The molecule has 0 aromatic rings. The Bertz CT molecular complexity index is 1770. The van der Waals surface area contributed by atoms with Gasteiger partial charge >= 0.3 is 46.9 Å². The number of aliphatic hydroxyl groups excluding tert-OH is 2. The van der Waals surface area contributed by atoms with E-state index in [1.54, 1.807) is 0 Å². The van der Waals surface area contributed by atoms with E-state index in [1.165, 1.54) is 0 Å². The molecule has 18 aliphatic heterocycles. The van der Waals surface area contributed by atoms with Crippen LogP contribution in [0.5, 0.6) is 0 Å². The molecule has 0 saturated carbocycles. The summed E-state index contributed by atoms with van der Waals surface area (Å²) in [5.41, 5.74) is -0.922. The standard InChI is InChI=1S/C8H15O4P.C7H13O4P.C6H11O5P.C6H11O4P.C5H9O5P.C5H9O4P/c1-2-3-4-8-5-10-13(9,11-6-8)12-7-8;1-2-3-7-4-9-12(8,10-5-7)11-6-7;7-2-1-6-3-9-12(8,10-4-6)11-5-6;1-2-6-3-8-11(7,9-4-6)10-5-6;6-1-5-2-8-11(7,9-3-5)10-4-5;1-5-2-7-10(6,8-3-5)9-4-5/h2-7H2,1H3;2-6H2,1H3;7H,1-5H2;2-5H2,1H3;6H,1-4H2;2-4H2,1H3. The highest BCUT2D eigenvalue weighted by Crippen LogP contribution is 2.64. The number of phosphoric acid groups is 6. The lowest BCUT2D eigenvalue weighted by Gasteiger charge is -2.44. The van der Waals surface area contributed by atoms with Crippen LogP contribution in [0.15, 0.2) is 0 Å².